The van der Waals surface area contributed by atoms with Gasteiger partial charge in [-0.3, -0.25) is 4.90 Å². The average Bonchev–Trinajstić information content (AvgIpc) is 3.11. The Morgan fingerprint density at radius 3 is 2.77 bits per heavy atom. The van der Waals surface area contributed by atoms with Crippen LogP contribution in [0.25, 0.3) is 11.0 Å². The first-order valence-corrected chi connectivity index (χ1v) is 8.78. The van der Waals surface area contributed by atoms with Crippen LogP contribution in [0.2, 0.25) is 0 Å². The molecule has 2 fully saturated rings. The summed E-state index contributed by atoms with van der Waals surface area (Å²) in [5.41, 5.74) is 8.38. The van der Waals surface area contributed by atoms with Crippen molar-refractivity contribution in [3.63, 3.8) is 0 Å². The number of aromatic nitrogens is 2. The third-order valence-corrected chi connectivity index (χ3v) is 5.46. The second kappa shape index (κ2) is 5.83. The summed E-state index contributed by atoms with van der Waals surface area (Å²) in [6.07, 6.45) is 3.65. The zero-order valence-electron chi connectivity index (χ0n) is 12.5. The molecule has 2 atom stereocenters. The Morgan fingerprint density at radius 1 is 1.18 bits per heavy atom. The highest BCUT2D eigenvalue weighted by Gasteiger charge is 2.35. The van der Waals surface area contributed by atoms with Crippen LogP contribution in [0.5, 0.6) is 0 Å². The van der Waals surface area contributed by atoms with Crippen molar-refractivity contribution in [1.29, 1.82) is 0 Å². The first kappa shape index (κ1) is 14.5. The molecule has 0 bridgehead atoms. The van der Waals surface area contributed by atoms with Crippen molar-refractivity contribution < 1.29 is 4.74 Å². The lowest BCUT2D eigenvalue weighted by Crippen LogP contribution is -2.45. The lowest BCUT2D eigenvalue weighted by molar-refractivity contribution is 0.0100. The van der Waals surface area contributed by atoms with Crippen LogP contribution >= 0.6 is 15.9 Å². The fourth-order valence-corrected chi connectivity index (χ4v) is 4.34. The lowest BCUT2D eigenvalue weighted by Gasteiger charge is -2.36. The van der Waals surface area contributed by atoms with E-state index in [2.05, 4.69) is 36.4 Å². The number of nitrogen functional groups attached to an aromatic ring is 1. The molecule has 6 heteroatoms. The molecule has 1 aromatic heterocycles. The molecular weight excluding hydrogens is 344 g/mol. The molecule has 1 aromatic carbocycles. The molecule has 0 radical (unpaired) electrons. The fourth-order valence-electron chi connectivity index (χ4n) is 3.99. The summed E-state index contributed by atoms with van der Waals surface area (Å²) in [5, 5.41) is 0. The fraction of sp³-hybridized carbons (Fsp3) is 0.562. The highest BCUT2D eigenvalue weighted by molar-refractivity contribution is 9.10. The number of halogens is 1. The van der Waals surface area contributed by atoms with Gasteiger partial charge >= 0.3 is 0 Å². The van der Waals surface area contributed by atoms with Crippen LogP contribution in [0.1, 0.15) is 25.3 Å². The van der Waals surface area contributed by atoms with E-state index in [1.54, 1.807) is 0 Å². The van der Waals surface area contributed by atoms with E-state index in [1.165, 1.54) is 19.3 Å². The number of morpholine rings is 1. The Kier molecular flexibility index (Phi) is 3.84. The van der Waals surface area contributed by atoms with Gasteiger partial charge < -0.3 is 15.0 Å². The predicted octanol–water partition coefficient (Wildman–Crippen LogP) is 2.81. The van der Waals surface area contributed by atoms with Gasteiger partial charge in [0.25, 0.3) is 0 Å². The number of hydrogen-bond acceptors (Lipinski definition) is 4. The van der Waals surface area contributed by atoms with E-state index >= 15 is 0 Å². The Bertz CT molecular complexity index is 680. The minimum atomic E-state index is 0.414. The van der Waals surface area contributed by atoms with Crippen molar-refractivity contribution in [2.45, 2.75) is 31.3 Å². The topological polar surface area (TPSA) is 56.3 Å². The van der Waals surface area contributed by atoms with Gasteiger partial charge in [-0.15, -0.1) is 0 Å². The van der Waals surface area contributed by atoms with E-state index < -0.39 is 0 Å². The van der Waals surface area contributed by atoms with E-state index in [4.69, 9.17) is 10.5 Å². The number of nitrogens with zero attached hydrogens (tertiary/aromatic N) is 3. The third kappa shape index (κ3) is 2.43. The van der Waals surface area contributed by atoms with Gasteiger partial charge in [-0.25, -0.2) is 4.98 Å². The van der Waals surface area contributed by atoms with Gasteiger partial charge in [0.2, 0.25) is 5.95 Å². The van der Waals surface area contributed by atoms with Crippen molar-refractivity contribution in [1.82, 2.24) is 14.5 Å². The highest BCUT2D eigenvalue weighted by Crippen LogP contribution is 2.38. The Hall–Kier alpha value is -1.11. The summed E-state index contributed by atoms with van der Waals surface area (Å²) in [7, 11) is 0. The van der Waals surface area contributed by atoms with Crippen LogP contribution in [-0.2, 0) is 4.74 Å². The molecule has 0 amide bonds. The van der Waals surface area contributed by atoms with Crippen molar-refractivity contribution in [2.24, 2.45) is 0 Å². The van der Waals surface area contributed by atoms with E-state index in [1.807, 2.05) is 12.1 Å². The van der Waals surface area contributed by atoms with Gasteiger partial charge in [-0.05, 0) is 37.5 Å². The minimum Gasteiger partial charge on any atom is -0.379 e. The number of benzene rings is 1. The summed E-state index contributed by atoms with van der Waals surface area (Å²) in [4.78, 5) is 7.13. The number of ether oxygens (including phenoxy) is 1. The molecule has 2 heterocycles. The summed E-state index contributed by atoms with van der Waals surface area (Å²) in [6.45, 7) is 3.73. The molecule has 2 aliphatic rings. The average molecular weight is 365 g/mol. The van der Waals surface area contributed by atoms with Crippen LogP contribution in [0.15, 0.2) is 22.7 Å². The summed E-state index contributed by atoms with van der Waals surface area (Å²) < 4.78 is 8.83. The normalized spacial score (nSPS) is 26.8. The minimum absolute atomic E-state index is 0.414. The van der Waals surface area contributed by atoms with Gasteiger partial charge in [-0.2, -0.15) is 0 Å². The van der Waals surface area contributed by atoms with Crippen molar-refractivity contribution >= 4 is 32.9 Å². The molecule has 1 saturated heterocycles. The largest absolute Gasteiger partial charge is 0.379 e. The maximum atomic E-state index is 6.27. The van der Waals surface area contributed by atoms with E-state index in [0.717, 1.165) is 41.8 Å². The smallest absolute Gasteiger partial charge is 0.201 e. The maximum Gasteiger partial charge on any atom is 0.201 e. The molecule has 22 heavy (non-hydrogen) atoms. The SMILES string of the molecule is Nc1nc2ccc(Br)cc2n1C1CCCC1N1CCOCC1. The van der Waals surface area contributed by atoms with Crippen molar-refractivity contribution in [2.75, 3.05) is 32.0 Å². The van der Waals surface area contributed by atoms with Crippen LogP contribution in [-0.4, -0.2) is 46.8 Å². The lowest BCUT2D eigenvalue weighted by atomic mass is 10.1. The molecular formula is C16H21BrN4O. The van der Waals surface area contributed by atoms with E-state index in [-0.39, 0.29) is 0 Å². The van der Waals surface area contributed by atoms with Crippen molar-refractivity contribution in [3.8, 4) is 0 Å². The Balaban J connectivity index is 1.73. The molecule has 2 N–H and O–H groups in total. The zero-order valence-corrected chi connectivity index (χ0v) is 14.1. The highest BCUT2D eigenvalue weighted by atomic mass is 79.9. The zero-order chi connectivity index (χ0) is 15.1. The van der Waals surface area contributed by atoms with Gasteiger partial charge in [0.05, 0.1) is 30.3 Å². The summed E-state index contributed by atoms with van der Waals surface area (Å²) in [5.74, 6) is 0.637. The maximum absolute atomic E-state index is 6.27. The molecule has 5 nitrogen and oxygen atoms in total. The molecule has 2 unspecified atom stereocenters. The van der Waals surface area contributed by atoms with Gasteiger partial charge in [-0.1, -0.05) is 15.9 Å². The standard InChI is InChI=1S/C16H21BrN4O/c17-11-4-5-12-15(10-11)21(16(18)19-12)14-3-1-2-13(14)20-6-8-22-9-7-20/h4-5,10,13-14H,1-3,6-9H2,(H2,18,19). The second-order valence-corrected chi connectivity index (χ2v) is 7.10. The first-order chi connectivity index (χ1) is 10.7. The Labute approximate surface area is 138 Å². The molecule has 0 spiro atoms. The van der Waals surface area contributed by atoms with Crippen LogP contribution in [0.3, 0.4) is 0 Å². The number of imidazole rings is 1. The molecule has 118 valence electrons. The predicted molar refractivity (Wildman–Crippen MR) is 90.9 cm³/mol. The Morgan fingerprint density at radius 2 is 1.95 bits per heavy atom. The van der Waals surface area contributed by atoms with Gasteiger partial charge in [0, 0.05) is 23.6 Å². The third-order valence-electron chi connectivity index (χ3n) is 4.97. The second-order valence-electron chi connectivity index (χ2n) is 6.19. The number of nitrogens with two attached hydrogens (primary N) is 1. The monoisotopic (exact) mass is 364 g/mol. The molecule has 1 saturated carbocycles. The number of hydrogen-bond donors (Lipinski definition) is 1. The van der Waals surface area contributed by atoms with Crippen LogP contribution in [0.4, 0.5) is 5.95 Å². The molecule has 1 aliphatic heterocycles. The first-order valence-electron chi connectivity index (χ1n) is 7.99. The van der Waals surface area contributed by atoms with Crippen LogP contribution < -0.4 is 5.73 Å². The molecule has 1 aliphatic carbocycles. The number of fused-ring (bicyclic) bond motifs is 1. The number of anilines is 1. The van der Waals surface area contributed by atoms with Crippen molar-refractivity contribution in [3.05, 3.63) is 22.7 Å². The summed E-state index contributed by atoms with van der Waals surface area (Å²) in [6, 6.07) is 7.14. The molecule has 2 aromatic rings. The van der Waals surface area contributed by atoms with E-state index in [9.17, 15) is 0 Å². The summed E-state index contributed by atoms with van der Waals surface area (Å²) >= 11 is 3.57. The quantitative estimate of drug-likeness (QED) is 0.889. The van der Waals surface area contributed by atoms with Gasteiger partial charge in [0.15, 0.2) is 0 Å². The van der Waals surface area contributed by atoms with Gasteiger partial charge in [0.1, 0.15) is 0 Å². The van der Waals surface area contributed by atoms with Crippen LogP contribution in [0, 0.1) is 0 Å². The number of rotatable bonds is 2. The van der Waals surface area contributed by atoms with E-state index in [0.29, 0.717) is 18.0 Å². The molecule has 4 rings (SSSR count).